The first-order valence-corrected chi connectivity index (χ1v) is 6.84. The van der Waals surface area contributed by atoms with Gasteiger partial charge in [-0.25, -0.2) is 4.79 Å². The maximum Gasteiger partial charge on any atom is 0.324 e. The van der Waals surface area contributed by atoms with E-state index in [2.05, 4.69) is 5.32 Å². The Hall–Kier alpha value is -2.36. The summed E-state index contributed by atoms with van der Waals surface area (Å²) in [5.74, 6) is -0.335. The van der Waals surface area contributed by atoms with Crippen LogP contribution in [0.15, 0.2) is 42.5 Å². The largest absolute Gasteiger partial charge is 0.324 e. The molecule has 0 atom stereocenters. The van der Waals surface area contributed by atoms with Gasteiger partial charge in [0.15, 0.2) is 0 Å². The van der Waals surface area contributed by atoms with Crippen LogP contribution in [0.1, 0.15) is 23.2 Å². The van der Waals surface area contributed by atoms with Crippen molar-refractivity contribution in [3.05, 3.63) is 48.0 Å². The van der Waals surface area contributed by atoms with E-state index < -0.39 is 0 Å². The molecule has 0 aromatic heterocycles. The molecule has 3 rings (SSSR count). The minimum atomic E-state index is -0.335. The highest BCUT2D eigenvalue weighted by atomic mass is 16.2. The molecule has 1 heterocycles. The lowest BCUT2D eigenvalue weighted by molar-refractivity contribution is 0.0956. The number of hydrogen-bond acceptors (Lipinski definition) is 2. The minimum Gasteiger partial charge on any atom is -0.324 e. The van der Waals surface area contributed by atoms with Gasteiger partial charge in [0.05, 0.1) is 0 Å². The maximum absolute atomic E-state index is 12.3. The maximum atomic E-state index is 12.3. The van der Waals surface area contributed by atoms with Crippen LogP contribution in [0.3, 0.4) is 0 Å². The molecule has 1 N–H and O–H groups in total. The lowest BCUT2D eigenvalue weighted by atomic mass is 10.0. The highest BCUT2D eigenvalue weighted by Gasteiger charge is 2.20. The van der Waals surface area contributed by atoms with Crippen LogP contribution in [-0.4, -0.2) is 29.9 Å². The molecule has 1 aliphatic heterocycles. The van der Waals surface area contributed by atoms with Crippen molar-refractivity contribution in [1.82, 2.24) is 10.2 Å². The van der Waals surface area contributed by atoms with Crippen molar-refractivity contribution >= 4 is 22.7 Å². The molecule has 0 bridgehead atoms. The molecule has 2 aromatic rings. The highest BCUT2D eigenvalue weighted by molar-refractivity contribution is 6.12. The molecular formula is C16H16N2O2. The van der Waals surface area contributed by atoms with E-state index in [-0.39, 0.29) is 11.9 Å². The number of nitrogens with one attached hydrogen (secondary N) is 1. The second kappa shape index (κ2) is 5.33. The van der Waals surface area contributed by atoms with Crippen LogP contribution in [0.5, 0.6) is 0 Å². The first kappa shape index (κ1) is 12.7. The number of benzene rings is 2. The average Bonchev–Trinajstić information content (AvgIpc) is 3.01. The Morgan fingerprint density at radius 3 is 2.45 bits per heavy atom. The molecule has 102 valence electrons. The van der Waals surface area contributed by atoms with Gasteiger partial charge >= 0.3 is 6.03 Å². The Morgan fingerprint density at radius 1 is 0.950 bits per heavy atom. The van der Waals surface area contributed by atoms with E-state index in [0.717, 1.165) is 36.7 Å². The molecule has 4 heteroatoms. The van der Waals surface area contributed by atoms with Gasteiger partial charge in [-0.15, -0.1) is 0 Å². The number of nitrogens with zero attached hydrogens (tertiary/aromatic N) is 1. The van der Waals surface area contributed by atoms with Gasteiger partial charge in [0, 0.05) is 18.7 Å². The van der Waals surface area contributed by atoms with Crippen molar-refractivity contribution in [1.29, 1.82) is 0 Å². The molecule has 0 unspecified atom stereocenters. The van der Waals surface area contributed by atoms with Gasteiger partial charge in [-0.2, -0.15) is 0 Å². The smallest absolute Gasteiger partial charge is 0.324 e. The van der Waals surface area contributed by atoms with E-state index in [4.69, 9.17) is 0 Å². The monoisotopic (exact) mass is 268 g/mol. The Kier molecular flexibility index (Phi) is 3.37. The van der Waals surface area contributed by atoms with Crippen molar-refractivity contribution in [2.75, 3.05) is 13.1 Å². The zero-order chi connectivity index (χ0) is 13.9. The van der Waals surface area contributed by atoms with Crippen molar-refractivity contribution in [3.63, 3.8) is 0 Å². The van der Waals surface area contributed by atoms with Crippen molar-refractivity contribution in [2.45, 2.75) is 12.8 Å². The van der Waals surface area contributed by atoms with Crippen LogP contribution >= 0.6 is 0 Å². The molecule has 4 nitrogen and oxygen atoms in total. The van der Waals surface area contributed by atoms with Crippen LogP contribution in [0.2, 0.25) is 0 Å². The Morgan fingerprint density at radius 2 is 1.65 bits per heavy atom. The SMILES string of the molecule is O=C(NC(=O)N1CCCC1)c1cccc2ccccc12. The molecule has 1 aliphatic rings. The van der Waals surface area contributed by atoms with Crippen molar-refractivity contribution in [3.8, 4) is 0 Å². The average molecular weight is 268 g/mol. The lowest BCUT2D eigenvalue weighted by Gasteiger charge is -2.15. The first-order valence-electron chi connectivity index (χ1n) is 6.84. The second-order valence-corrected chi connectivity index (χ2v) is 4.98. The normalized spacial score (nSPS) is 14.5. The molecule has 20 heavy (non-hydrogen) atoms. The summed E-state index contributed by atoms with van der Waals surface area (Å²) >= 11 is 0. The summed E-state index contributed by atoms with van der Waals surface area (Å²) in [6, 6.07) is 12.9. The fraction of sp³-hybridized carbons (Fsp3) is 0.250. The molecule has 0 aliphatic carbocycles. The molecule has 1 fully saturated rings. The first-order chi connectivity index (χ1) is 9.75. The second-order valence-electron chi connectivity index (χ2n) is 4.98. The summed E-state index contributed by atoms with van der Waals surface area (Å²) in [4.78, 5) is 25.9. The van der Waals surface area contributed by atoms with E-state index in [9.17, 15) is 9.59 Å². The van der Waals surface area contributed by atoms with Crippen LogP contribution in [0.25, 0.3) is 10.8 Å². The Balaban J connectivity index is 1.83. The number of fused-ring (bicyclic) bond motifs is 1. The van der Waals surface area contributed by atoms with E-state index in [1.54, 1.807) is 11.0 Å². The summed E-state index contributed by atoms with van der Waals surface area (Å²) in [5.41, 5.74) is 0.538. The summed E-state index contributed by atoms with van der Waals surface area (Å²) in [6.45, 7) is 1.46. The van der Waals surface area contributed by atoms with E-state index in [1.165, 1.54) is 0 Å². The number of amides is 3. The molecule has 0 spiro atoms. The van der Waals surface area contributed by atoms with E-state index >= 15 is 0 Å². The van der Waals surface area contributed by atoms with Gasteiger partial charge in [0.2, 0.25) is 0 Å². The molecule has 1 saturated heterocycles. The molecular weight excluding hydrogens is 252 g/mol. The summed E-state index contributed by atoms with van der Waals surface area (Å²) in [7, 11) is 0. The van der Waals surface area contributed by atoms with Gasteiger partial charge < -0.3 is 4.90 Å². The highest BCUT2D eigenvalue weighted by Crippen LogP contribution is 2.18. The van der Waals surface area contributed by atoms with Crippen molar-refractivity contribution in [2.24, 2.45) is 0 Å². The number of urea groups is 1. The summed E-state index contributed by atoms with van der Waals surface area (Å²) < 4.78 is 0. The number of imide groups is 1. The zero-order valence-electron chi connectivity index (χ0n) is 11.1. The van der Waals surface area contributed by atoms with E-state index in [0.29, 0.717) is 5.56 Å². The van der Waals surface area contributed by atoms with Gasteiger partial charge in [-0.05, 0) is 29.7 Å². The number of carbonyl (C=O) groups excluding carboxylic acids is 2. The molecule has 2 aromatic carbocycles. The fourth-order valence-electron chi connectivity index (χ4n) is 2.59. The third kappa shape index (κ3) is 2.37. The Labute approximate surface area is 117 Å². The molecule has 3 amide bonds. The standard InChI is InChI=1S/C16H16N2O2/c19-15(17-16(20)18-10-3-4-11-18)14-9-5-7-12-6-1-2-8-13(12)14/h1-2,5-9H,3-4,10-11H2,(H,17,19,20). The predicted octanol–water partition coefficient (Wildman–Crippen LogP) is 2.79. The Bertz CT molecular complexity index is 655. The third-order valence-electron chi connectivity index (χ3n) is 3.65. The quantitative estimate of drug-likeness (QED) is 0.864. The van der Waals surface area contributed by atoms with Gasteiger partial charge in [-0.3, -0.25) is 10.1 Å². The minimum absolute atomic E-state index is 0.291. The predicted molar refractivity (Wildman–Crippen MR) is 77.6 cm³/mol. The zero-order valence-corrected chi connectivity index (χ0v) is 11.1. The van der Waals surface area contributed by atoms with E-state index in [1.807, 2.05) is 36.4 Å². The van der Waals surface area contributed by atoms with Gasteiger partial charge in [-0.1, -0.05) is 36.4 Å². The van der Waals surface area contributed by atoms with Crippen LogP contribution in [0, 0.1) is 0 Å². The summed E-state index contributed by atoms with van der Waals surface area (Å²) in [5, 5.41) is 4.34. The lowest BCUT2D eigenvalue weighted by Crippen LogP contribution is -2.41. The van der Waals surface area contributed by atoms with Crippen LogP contribution < -0.4 is 5.32 Å². The summed E-state index contributed by atoms with van der Waals surface area (Å²) in [6.07, 6.45) is 2.02. The molecule has 0 radical (unpaired) electrons. The van der Waals surface area contributed by atoms with Crippen molar-refractivity contribution < 1.29 is 9.59 Å². The van der Waals surface area contributed by atoms with Crippen LogP contribution in [0.4, 0.5) is 4.79 Å². The number of likely N-dealkylation sites (tertiary alicyclic amines) is 1. The number of carbonyl (C=O) groups is 2. The fourth-order valence-corrected chi connectivity index (χ4v) is 2.59. The third-order valence-corrected chi connectivity index (χ3v) is 3.65. The number of hydrogen-bond donors (Lipinski definition) is 1. The van der Waals surface area contributed by atoms with Gasteiger partial charge in [0.1, 0.15) is 0 Å². The topological polar surface area (TPSA) is 49.4 Å². The number of rotatable bonds is 1. The van der Waals surface area contributed by atoms with Crippen LogP contribution in [-0.2, 0) is 0 Å². The molecule has 0 saturated carbocycles. The van der Waals surface area contributed by atoms with Gasteiger partial charge in [0.25, 0.3) is 5.91 Å².